The summed E-state index contributed by atoms with van der Waals surface area (Å²) in [6.45, 7) is 0. The van der Waals surface area contributed by atoms with Gasteiger partial charge in [-0.1, -0.05) is 59.6 Å². The molecule has 0 bridgehead atoms. The van der Waals surface area contributed by atoms with E-state index in [-0.39, 0.29) is 23.2 Å². The van der Waals surface area contributed by atoms with Crippen LogP contribution in [0.25, 0.3) is 12.2 Å². The van der Waals surface area contributed by atoms with E-state index in [1.807, 2.05) is 18.2 Å². The van der Waals surface area contributed by atoms with E-state index < -0.39 is 10.0 Å². The Morgan fingerprint density at radius 2 is 1.61 bits per heavy atom. The highest BCUT2D eigenvalue weighted by atomic mass is 35.5. The predicted molar refractivity (Wildman–Crippen MR) is 143 cm³/mol. The van der Waals surface area contributed by atoms with E-state index in [2.05, 4.69) is 20.0 Å². The lowest BCUT2D eigenvalue weighted by Crippen LogP contribution is -2.16. The van der Waals surface area contributed by atoms with Gasteiger partial charge in [0.1, 0.15) is 0 Å². The molecular weight excluding hydrogens is 519 g/mol. The van der Waals surface area contributed by atoms with Gasteiger partial charge in [-0.05, 0) is 65.7 Å². The highest BCUT2D eigenvalue weighted by Gasteiger charge is 2.16. The number of nitrogens with zero attached hydrogens (tertiary/aromatic N) is 2. The average molecular weight is 539 g/mol. The van der Waals surface area contributed by atoms with E-state index in [1.54, 1.807) is 48.6 Å². The van der Waals surface area contributed by atoms with Gasteiger partial charge in [0.05, 0.1) is 17.0 Å². The molecule has 0 aliphatic carbocycles. The van der Waals surface area contributed by atoms with E-state index in [0.29, 0.717) is 21.4 Å². The van der Waals surface area contributed by atoms with Gasteiger partial charge in [0.25, 0.3) is 10.0 Å². The molecule has 0 fully saturated rings. The number of hydrogen-bond acceptors (Lipinski definition) is 5. The van der Waals surface area contributed by atoms with Gasteiger partial charge in [-0.3, -0.25) is 4.79 Å². The lowest BCUT2D eigenvalue weighted by atomic mass is 10.1. The van der Waals surface area contributed by atoms with Crippen LogP contribution in [0.5, 0.6) is 0 Å². The molecule has 10 heteroatoms. The second-order valence-corrected chi connectivity index (χ2v) is 10.2. The molecule has 0 spiro atoms. The normalized spacial score (nSPS) is 11.4. The van der Waals surface area contributed by atoms with Crippen LogP contribution in [0.2, 0.25) is 10.0 Å². The molecule has 2 N–H and O–H groups in total. The number of benzene rings is 3. The van der Waals surface area contributed by atoms with E-state index in [1.165, 1.54) is 30.5 Å². The zero-order chi connectivity index (χ0) is 25.5. The molecule has 1 heterocycles. The molecule has 4 rings (SSSR count). The first-order chi connectivity index (χ1) is 17.3. The second-order valence-electron chi connectivity index (χ2n) is 7.64. The van der Waals surface area contributed by atoms with Gasteiger partial charge in [0, 0.05) is 21.9 Å². The highest BCUT2D eigenvalue weighted by molar-refractivity contribution is 7.92. The van der Waals surface area contributed by atoms with Crippen LogP contribution in [-0.2, 0) is 21.2 Å². The third kappa shape index (κ3) is 6.91. The fourth-order valence-corrected chi connectivity index (χ4v) is 4.47. The number of rotatable bonds is 8. The molecule has 0 saturated heterocycles. The second kappa shape index (κ2) is 11.3. The summed E-state index contributed by atoms with van der Waals surface area (Å²) < 4.78 is 28.0. The summed E-state index contributed by atoms with van der Waals surface area (Å²) in [5.74, 6) is -0.308. The Balaban J connectivity index is 1.40. The van der Waals surface area contributed by atoms with Crippen molar-refractivity contribution in [2.45, 2.75) is 11.3 Å². The first kappa shape index (κ1) is 25.4. The minimum Gasteiger partial charge on any atom is -0.326 e. The van der Waals surface area contributed by atoms with Crippen LogP contribution >= 0.6 is 23.2 Å². The quantitative estimate of drug-likeness (QED) is 0.289. The standard InChI is InChI=1S/C26H20Cl2N4O3S/c27-20-8-5-18(6-9-20)17-25(33)30-21-11-13-23(14-12-21)36(34,35)32-26-29-16-15-22(31-26)10-7-19-3-1-2-4-24(19)28/h1-16H,17H2,(H,30,33)(H,29,31,32). The number of carbonyl (C=O) groups is 1. The van der Waals surface area contributed by atoms with Gasteiger partial charge < -0.3 is 5.32 Å². The molecule has 3 aromatic carbocycles. The van der Waals surface area contributed by atoms with E-state index in [0.717, 1.165) is 11.1 Å². The maximum absolute atomic E-state index is 12.8. The van der Waals surface area contributed by atoms with Crippen LogP contribution in [0.4, 0.5) is 11.6 Å². The molecule has 7 nitrogen and oxygen atoms in total. The molecule has 1 amide bonds. The first-order valence-corrected chi connectivity index (χ1v) is 13.0. The Morgan fingerprint density at radius 3 is 2.33 bits per heavy atom. The molecule has 1 aromatic heterocycles. The smallest absolute Gasteiger partial charge is 0.264 e. The minimum atomic E-state index is -3.95. The molecular formula is C26H20Cl2N4O3S. The number of amides is 1. The van der Waals surface area contributed by atoms with Gasteiger partial charge in [0.2, 0.25) is 11.9 Å². The Labute approximate surface area is 218 Å². The van der Waals surface area contributed by atoms with Crippen LogP contribution in [0.3, 0.4) is 0 Å². The third-order valence-corrected chi connectivity index (χ3v) is 6.91. The van der Waals surface area contributed by atoms with Crippen LogP contribution in [0.1, 0.15) is 16.8 Å². The van der Waals surface area contributed by atoms with Gasteiger partial charge in [-0.15, -0.1) is 0 Å². The van der Waals surface area contributed by atoms with Gasteiger partial charge in [-0.25, -0.2) is 23.1 Å². The fourth-order valence-electron chi connectivity index (χ4n) is 3.19. The summed E-state index contributed by atoms with van der Waals surface area (Å²) in [6, 6.07) is 21.7. The maximum atomic E-state index is 12.8. The van der Waals surface area contributed by atoms with Gasteiger partial charge >= 0.3 is 0 Å². The Hall–Kier alpha value is -3.72. The van der Waals surface area contributed by atoms with Crippen molar-refractivity contribution in [3.8, 4) is 0 Å². The number of carbonyl (C=O) groups excluding carboxylic acids is 1. The minimum absolute atomic E-state index is 0.00110. The fraction of sp³-hybridized carbons (Fsp3) is 0.0385. The van der Waals surface area contributed by atoms with Crippen molar-refractivity contribution in [1.29, 1.82) is 0 Å². The van der Waals surface area contributed by atoms with Crippen molar-refractivity contribution in [2.24, 2.45) is 0 Å². The van der Waals surface area contributed by atoms with Crippen molar-refractivity contribution < 1.29 is 13.2 Å². The summed E-state index contributed by atoms with van der Waals surface area (Å²) in [6.07, 6.45) is 5.11. The molecule has 182 valence electrons. The number of hydrogen-bond donors (Lipinski definition) is 2. The molecule has 0 aliphatic heterocycles. The van der Waals surface area contributed by atoms with E-state index in [9.17, 15) is 13.2 Å². The molecule has 0 radical (unpaired) electrons. The van der Waals surface area contributed by atoms with Crippen LogP contribution in [0.15, 0.2) is 90.0 Å². The number of nitrogens with one attached hydrogen (secondary N) is 2. The Bertz CT molecular complexity index is 1510. The lowest BCUT2D eigenvalue weighted by Gasteiger charge is -2.09. The molecule has 0 unspecified atom stereocenters. The van der Waals surface area contributed by atoms with Crippen molar-refractivity contribution >= 4 is 62.9 Å². The molecule has 36 heavy (non-hydrogen) atoms. The van der Waals surface area contributed by atoms with Crippen molar-refractivity contribution in [1.82, 2.24) is 9.97 Å². The van der Waals surface area contributed by atoms with Gasteiger partial charge in [-0.2, -0.15) is 0 Å². The number of anilines is 2. The average Bonchev–Trinajstić information content (AvgIpc) is 2.85. The van der Waals surface area contributed by atoms with E-state index >= 15 is 0 Å². The van der Waals surface area contributed by atoms with Crippen LogP contribution < -0.4 is 10.0 Å². The number of aromatic nitrogens is 2. The number of halogens is 2. The zero-order valence-corrected chi connectivity index (χ0v) is 21.1. The van der Waals surface area contributed by atoms with Crippen LogP contribution in [0, 0.1) is 0 Å². The molecule has 0 saturated carbocycles. The van der Waals surface area contributed by atoms with E-state index in [4.69, 9.17) is 23.2 Å². The molecule has 4 aromatic rings. The van der Waals surface area contributed by atoms with Crippen LogP contribution in [-0.4, -0.2) is 24.3 Å². The van der Waals surface area contributed by atoms with Crippen molar-refractivity contribution in [3.05, 3.63) is 112 Å². The maximum Gasteiger partial charge on any atom is 0.264 e. The predicted octanol–water partition coefficient (Wildman–Crippen LogP) is 5.94. The SMILES string of the molecule is O=C(Cc1ccc(Cl)cc1)Nc1ccc(S(=O)(=O)Nc2nccc(C=Cc3ccccc3Cl)n2)cc1. The molecule has 0 atom stereocenters. The Kier molecular flexibility index (Phi) is 8.00. The molecule has 0 aliphatic rings. The summed E-state index contributed by atoms with van der Waals surface area (Å²) in [5.41, 5.74) is 2.58. The monoisotopic (exact) mass is 538 g/mol. The topological polar surface area (TPSA) is 101 Å². The summed E-state index contributed by atoms with van der Waals surface area (Å²) in [5, 5.41) is 3.93. The largest absolute Gasteiger partial charge is 0.326 e. The summed E-state index contributed by atoms with van der Waals surface area (Å²) >= 11 is 12.0. The summed E-state index contributed by atoms with van der Waals surface area (Å²) in [4.78, 5) is 20.5. The first-order valence-electron chi connectivity index (χ1n) is 10.7. The zero-order valence-electron chi connectivity index (χ0n) is 18.7. The summed E-state index contributed by atoms with van der Waals surface area (Å²) in [7, 11) is -3.95. The lowest BCUT2D eigenvalue weighted by molar-refractivity contribution is -0.115. The third-order valence-electron chi connectivity index (χ3n) is 4.97. The van der Waals surface area contributed by atoms with Crippen molar-refractivity contribution in [3.63, 3.8) is 0 Å². The Morgan fingerprint density at radius 1 is 0.889 bits per heavy atom. The highest BCUT2D eigenvalue weighted by Crippen LogP contribution is 2.19. The van der Waals surface area contributed by atoms with Crippen molar-refractivity contribution in [2.75, 3.05) is 10.0 Å². The van der Waals surface area contributed by atoms with Gasteiger partial charge in [0.15, 0.2) is 0 Å². The number of sulfonamides is 1.